The van der Waals surface area contributed by atoms with Gasteiger partial charge >= 0.3 is 0 Å². The Morgan fingerprint density at radius 2 is 1.61 bits per heavy atom. The Balaban J connectivity index is 2.48. The van der Waals surface area contributed by atoms with E-state index in [0.717, 1.165) is 25.7 Å². The second-order valence-electron chi connectivity index (χ2n) is 4.74. The lowest BCUT2D eigenvalue weighted by Gasteiger charge is -2.25. The summed E-state index contributed by atoms with van der Waals surface area (Å²) in [6.45, 7) is 5.51. The van der Waals surface area contributed by atoms with Gasteiger partial charge in [0, 0.05) is 13.7 Å². The quantitative estimate of drug-likeness (QED) is 0.621. The molecule has 106 valence electrons. The first-order valence-corrected chi connectivity index (χ1v) is 6.85. The van der Waals surface area contributed by atoms with Gasteiger partial charge in [0.2, 0.25) is 0 Å². The van der Waals surface area contributed by atoms with Crippen LogP contribution in [0, 0.1) is 0 Å². The third-order valence-corrected chi connectivity index (χ3v) is 3.15. The molecule has 1 amide bonds. The molecule has 2 unspecified atom stereocenters. The fourth-order valence-electron chi connectivity index (χ4n) is 1.94. The van der Waals surface area contributed by atoms with Gasteiger partial charge in [0.25, 0.3) is 5.91 Å². The van der Waals surface area contributed by atoms with Crippen molar-refractivity contribution in [1.82, 2.24) is 9.80 Å². The first kappa shape index (κ1) is 15.4. The summed E-state index contributed by atoms with van der Waals surface area (Å²) in [6, 6.07) is 0. The van der Waals surface area contributed by atoms with E-state index in [4.69, 9.17) is 9.47 Å². The van der Waals surface area contributed by atoms with E-state index < -0.39 is 6.23 Å². The fourth-order valence-corrected chi connectivity index (χ4v) is 1.94. The third kappa shape index (κ3) is 3.67. The van der Waals surface area contributed by atoms with Crippen molar-refractivity contribution < 1.29 is 14.3 Å². The molecule has 0 aromatic rings. The maximum absolute atomic E-state index is 12.0. The van der Waals surface area contributed by atoms with Crippen LogP contribution in [0.1, 0.15) is 39.5 Å². The average Bonchev–Trinajstić information content (AvgIpc) is 2.56. The van der Waals surface area contributed by atoms with Crippen LogP contribution in [0.25, 0.3) is 0 Å². The number of rotatable bonds is 8. The molecule has 0 saturated carbocycles. The van der Waals surface area contributed by atoms with Gasteiger partial charge in [0.1, 0.15) is 0 Å². The number of nitrogens with zero attached hydrogens (tertiary/aromatic N) is 2. The van der Waals surface area contributed by atoms with Crippen LogP contribution in [0.3, 0.4) is 0 Å². The Hall–Kier alpha value is -0.650. The molecule has 0 aliphatic carbocycles. The number of hydrogen-bond acceptors (Lipinski definition) is 4. The number of unbranched alkanes of at least 4 members (excludes halogenated alkanes) is 2. The number of hydrogen-bond donors (Lipinski definition) is 0. The van der Waals surface area contributed by atoms with Gasteiger partial charge in [-0.25, -0.2) is 4.90 Å². The van der Waals surface area contributed by atoms with E-state index in [1.165, 1.54) is 0 Å². The van der Waals surface area contributed by atoms with Gasteiger partial charge in [-0.2, -0.15) is 0 Å². The van der Waals surface area contributed by atoms with Crippen LogP contribution in [-0.2, 0) is 14.3 Å². The molecule has 2 atom stereocenters. The van der Waals surface area contributed by atoms with E-state index in [9.17, 15) is 4.79 Å². The maximum atomic E-state index is 12.0. The highest BCUT2D eigenvalue weighted by Gasteiger charge is 2.43. The summed E-state index contributed by atoms with van der Waals surface area (Å²) in [7, 11) is 3.63. The lowest BCUT2D eigenvalue weighted by molar-refractivity contribution is -0.140. The van der Waals surface area contributed by atoms with Gasteiger partial charge in [-0.15, -0.1) is 0 Å². The van der Waals surface area contributed by atoms with Crippen molar-refractivity contribution >= 4 is 5.91 Å². The minimum Gasteiger partial charge on any atom is -0.353 e. The van der Waals surface area contributed by atoms with Gasteiger partial charge in [0.15, 0.2) is 12.6 Å². The zero-order valence-corrected chi connectivity index (χ0v) is 12.0. The molecule has 5 nitrogen and oxygen atoms in total. The van der Waals surface area contributed by atoms with E-state index in [2.05, 4.69) is 13.8 Å². The molecule has 1 saturated heterocycles. The van der Waals surface area contributed by atoms with E-state index in [1.54, 1.807) is 11.9 Å². The molecule has 18 heavy (non-hydrogen) atoms. The van der Waals surface area contributed by atoms with Crippen LogP contribution < -0.4 is 0 Å². The van der Waals surface area contributed by atoms with Gasteiger partial charge in [0.05, 0.1) is 6.61 Å². The molecule has 1 rings (SSSR count). The molecule has 1 heterocycles. The van der Waals surface area contributed by atoms with Crippen LogP contribution >= 0.6 is 0 Å². The topological polar surface area (TPSA) is 42.0 Å². The molecule has 1 aliphatic rings. The van der Waals surface area contributed by atoms with E-state index in [-0.39, 0.29) is 12.3 Å². The van der Waals surface area contributed by atoms with Crippen molar-refractivity contribution in [3.05, 3.63) is 0 Å². The first-order chi connectivity index (χ1) is 8.63. The maximum Gasteiger partial charge on any atom is 0.269 e. The Bertz CT molecular complexity index is 261. The standard InChI is InChI=1S/C13H26N2O3/c1-5-7-9-17-12-11(16)14(3)13(15(12)4)18-10-8-6-2/h12-13H,5-10H2,1-4H3. The summed E-state index contributed by atoms with van der Waals surface area (Å²) in [5, 5.41) is 0. The highest BCUT2D eigenvalue weighted by atomic mass is 16.6. The molecule has 0 N–H and O–H groups in total. The zero-order chi connectivity index (χ0) is 13.5. The molecule has 0 aromatic carbocycles. The van der Waals surface area contributed by atoms with Gasteiger partial charge in [-0.05, 0) is 19.9 Å². The second-order valence-corrected chi connectivity index (χ2v) is 4.74. The molecule has 0 radical (unpaired) electrons. The largest absolute Gasteiger partial charge is 0.353 e. The second kappa shape index (κ2) is 7.71. The summed E-state index contributed by atoms with van der Waals surface area (Å²) >= 11 is 0. The third-order valence-electron chi connectivity index (χ3n) is 3.15. The van der Waals surface area contributed by atoms with Gasteiger partial charge < -0.3 is 14.4 Å². The van der Waals surface area contributed by atoms with Gasteiger partial charge in [-0.3, -0.25) is 4.79 Å². The molecule has 0 spiro atoms. The minimum absolute atomic E-state index is 0.0184. The van der Waals surface area contributed by atoms with E-state index in [1.807, 2.05) is 11.9 Å². The minimum atomic E-state index is -0.492. The fraction of sp³-hybridized carbons (Fsp3) is 0.923. The number of carbonyl (C=O) groups excluding carboxylic acids is 1. The Labute approximate surface area is 110 Å². The van der Waals surface area contributed by atoms with Crippen molar-refractivity contribution in [3.63, 3.8) is 0 Å². The SMILES string of the molecule is CCCCOC1C(=O)N(C)C(OCCCC)N1C. The molecular formula is C13H26N2O3. The van der Waals surface area contributed by atoms with Crippen molar-refractivity contribution in [3.8, 4) is 0 Å². The van der Waals surface area contributed by atoms with Crippen molar-refractivity contribution in [2.24, 2.45) is 0 Å². The van der Waals surface area contributed by atoms with Crippen molar-refractivity contribution in [2.75, 3.05) is 27.3 Å². The van der Waals surface area contributed by atoms with Gasteiger partial charge in [-0.1, -0.05) is 26.7 Å². The number of ether oxygens (including phenoxy) is 2. The summed E-state index contributed by atoms with van der Waals surface area (Å²) in [5.41, 5.74) is 0. The smallest absolute Gasteiger partial charge is 0.269 e. The summed E-state index contributed by atoms with van der Waals surface area (Å²) in [5.74, 6) is -0.0184. The Morgan fingerprint density at radius 3 is 2.17 bits per heavy atom. The Morgan fingerprint density at radius 1 is 1.06 bits per heavy atom. The lowest BCUT2D eigenvalue weighted by atomic mass is 10.4. The summed E-state index contributed by atoms with van der Waals surface area (Å²) in [4.78, 5) is 15.5. The summed E-state index contributed by atoms with van der Waals surface area (Å²) < 4.78 is 11.4. The van der Waals surface area contributed by atoms with E-state index in [0.29, 0.717) is 13.2 Å². The molecule has 5 heteroatoms. The highest BCUT2D eigenvalue weighted by Crippen LogP contribution is 2.20. The summed E-state index contributed by atoms with van der Waals surface area (Å²) in [6.07, 6.45) is 3.35. The molecule has 0 aromatic heterocycles. The van der Waals surface area contributed by atoms with Crippen LogP contribution in [0.4, 0.5) is 0 Å². The molecular weight excluding hydrogens is 232 g/mol. The molecule has 1 fully saturated rings. The van der Waals surface area contributed by atoms with Crippen LogP contribution in [0.15, 0.2) is 0 Å². The predicted octanol–water partition coefficient (Wildman–Crippen LogP) is 1.63. The lowest BCUT2D eigenvalue weighted by Crippen LogP contribution is -2.39. The Kier molecular flexibility index (Phi) is 6.60. The van der Waals surface area contributed by atoms with E-state index >= 15 is 0 Å². The van der Waals surface area contributed by atoms with Crippen LogP contribution in [-0.4, -0.2) is 55.6 Å². The first-order valence-electron chi connectivity index (χ1n) is 6.85. The van der Waals surface area contributed by atoms with Crippen LogP contribution in [0.5, 0.6) is 0 Å². The zero-order valence-electron chi connectivity index (χ0n) is 12.0. The average molecular weight is 258 g/mol. The monoisotopic (exact) mass is 258 g/mol. The van der Waals surface area contributed by atoms with Crippen molar-refractivity contribution in [2.45, 2.75) is 52.1 Å². The van der Waals surface area contributed by atoms with Crippen LogP contribution in [0.2, 0.25) is 0 Å². The number of likely N-dealkylation sites (N-methyl/N-ethyl adjacent to an activating group) is 2. The highest BCUT2D eigenvalue weighted by molar-refractivity contribution is 5.82. The number of carbonyl (C=O) groups is 1. The molecule has 0 bridgehead atoms. The normalized spacial score (nSPS) is 25.1. The molecule has 1 aliphatic heterocycles. The predicted molar refractivity (Wildman–Crippen MR) is 69.8 cm³/mol. The van der Waals surface area contributed by atoms with Crippen molar-refractivity contribution in [1.29, 1.82) is 0 Å². The number of amides is 1.